The van der Waals surface area contributed by atoms with Crippen molar-refractivity contribution in [2.75, 3.05) is 6.54 Å². The first kappa shape index (κ1) is 22.4. The second kappa shape index (κ2) is 9.25. The van der Waals surface area contributed by atoms with E-state index in [2.05, 4.69) is 79.0 Å². The third kappa shape index (κ3) is 4.13. The van der Waals surface area contributed by atoms with Crippen LogP contribution in [0.2, 0.25) is 0 Å². The van der Waals surface area contributed by atoms with Gasteiger partial charge >= 0.3 is 0 Å². The van der Waals surface area contributed by atoms with Crippen molar-refractivity contribution in [2.45, 2.75) is 79.3 Å². The van der Waals surface area contributed by atoms with Gasteiger partial charge in [0.05, 0.1) is 11.7 Å². The number of benzene rings is 1. The Morgan fingerprint density at radius 1 is 1.20 bits per heavy atom. The summed E-state index contributed by atoms with van der Waals surface area (Å²) in [6.45, 7) is 14.1. The predicted molar refractivity (Wildman–Crippen MR) is 124 cm³/mol. The molecular weight excluding hydrogens is 370 g/mol. The summed E-state index contributed by atoms with van der Waals surface area (Å²) in [7, 11) is 0. The quantitative estimate of drug-likeness (QED) is 0.593. The molecule has 1 aromatic heterocycles. The monoisotopic (exact) mass is 407 g/mol. The van der Waals surface area contributed by atoms with Crippen molar-refractivity contribution in [1.29, 1.82) is 0 Å². The molecule has 4 rings (SSSR count). The van der Waals surface area contributed by atoms with E-state index in [1.807, 2.05) is 4.68 Å². The SMILES string of the molecule is C.C=C(C)C1CC=C(C(c2nnnn2-c2c(C)cccc2C)N2CCCC2C)CC1. The molecule has 5 nitrogen and oxygen atoms in total. The number of hydrogen-bond donors (Lipinski definition) is 0. The first-order valence-electron chi connectivity index (χ1n) is 10.9. The van der Waals surface area contributed by atoms with Crippen LogP contribution in [-0.2, 0) is 0 Å². The number of rotatable bonds is 5. The smallest absolute Gasteiger partial charge is 0.178 e. The van der Waals surface area contributed by atoms with Crippen LogP contribution in [0.3, 0.4) is 0 Å². The summed E-state index contributed by atoms with van der Waals surface area (Å²) in [5.41, 5.74) is 6.28. The average Bonchev–Trinajstić information content (AvgIpc) is 3.33. The highest BCUT2D eigenvalue weighted by Crippen LogP contribution is 2.40. The van der Waals surface area contributed by atoms with Gasteiger partial charge in [0.25, 0.3) is 0 Å². The zero-order chi connectivity index (χ0) is 20.5. The maximum Gasteiger partial charge on any atom is 0.178 e. The maximum absolute atomic E-state index is 4.59. The van der Waals surface area contributed by atoms with Crippen LogP contribution in [0.5, 0.6) is 0 Å². The van der Waals surface area contributed by atoms with Crippen LogP contribution < -0.4 is 0 Å². The van der Waals surface area contributed by atoms with Crippen molar-refractivity contribution in [3.8, 4) is 5.69 Å². The van der Waals surface area contributed by atoms with Crippen LogP contribution in [0.4, 0.5) is 0 Å². The average molecular weight is 408 g/mol. The van der Waals surface area contributed by atoms with Gasteiger partial charge in [0.15, 0.2) is 5.82 Å². The summed E-state index contributed by atoms with van der Waals surface area (Å²) >= 11 is 0. The molecule has 0 amide bonds. The number of likely N-dealkylation sites (tertiary alicyclic amines) is 1. The van der Waals surface area contributed by atoms with Crippen LogP contribution in [0.1, 0.15) is 76.4 Å². The first-order valence-corrected chi connectivity index (χ1v) is 10.9. The molecule has 2 aromatic rings. The van der Waals surface area contributed by atoms with E-state index >= 15 is 0 Å². The van der Waals surface area contributed by atoms with Crippen molar-refractivity contribution in [2.24, 2.45) is 5.92 Å². The molecule has 2 aliphatic rings. The highest BCUT2D eigenvalue weighted by atomic mass is 15.6. The molecule has 0 N–H and O–H groups in total. The van der Waals surface area contributed by atoms with E-state index in [-0.39, 0.29) is 13.5 Å². The first-order chi connectivity index (χ1) is 14.0. The zero-order valence-electron chi connectivity index (χ0n) is 18.2. The number of aromatic nitrogens is 4. The van der Waals surface area contributed by atoms with Crippen molar-refractivity contribution in [3.05, 3.63) is 59.0 Å². The molecule has 3 atom stereocenters. The Labute approximate surface area is 181 Å². The van der Waals surface area contributed by atoms with Crippen molar-refractivity contribution in [1.82, 2.24) is 25.1 Å². The largest absolute Gasteiger partial charge is 0.287 e. The van der Waals surface area contributed by atoms with Gasteiger partial charge in [-0.15, -0.1) is 5.10 Å². The van der Waals surface area contributed by atoms with Gasteiger partial charge in [-0.1, -0.05) is 43.9 Å². The summed E-state index contributed by atoms with van der Waals surface area (Å²) in [6.07, 6.45) is 8.26. The molecule has 5 heteroatoms. The normalized spacial score (nSPS) is 23.0. The summed E-state index contributed by atoms with van der Waals surface area (Å²) in [6, 6.07) is 7.06. The lowest BCUT2D eigenvalue weighted by Crippen LogP contribution is -2.35. The van der Waals surface area contributed by atoms with Crippen LogP contribution in [-0.4, -0.2) is 37.7 Å². The summed E-state index contributed by atoms with van der Waals surface area (Å²) in [4.78, 5) is 2.61. The lowest BCUT2D eigenvalue weighted by Gasteiger charge is -2.35. The number of hydrogen-bond acceptors (Lipinski definition) is 4. The minimum absolute atomic E-state index is 0. The van der Waals surface area contributed by atoms with Gasteiger partial charge in [-0.05, 0) is 99.4 Å². The second-order valence-electron chi connectivity index (χ2n) is 8.92. The summed E-state index contributed by atoms with van der Waals surface area (Å²) in [5.74, 6) is 1.56. The molecule has 1 aliphatic carbocycles. The summed E-state index contributed by atoms with van der Waals surface area (Å²) in [5, 5.41) is 13.2. The maximum atomic E-state index is 4.59. The standard InChI is InChI=1S/C24H33N5.CH4/c1-16(2)20-11-13-21(14-12-20)23(28-15-7-10-19(28)5)24-25-26-27-29(24)22-17(3)8-6-9-18(22)4;/h6,8-9,13,19-20,23H,1,7,10-12,14-15H2,2-5H3;1H4. The van der Waals surface area contributed by atoms with E-state index in [4.69, 9.17) is 0 Å². The minimum Gasteiger partial charge on any atom is -0.287 e. The fourth-order valence-corrected chi connectivity index (χ4v) is 5.08. The number of para-hydroxylation sites is 1. The van der Waals surface area contributed by atoms with E-state index in [0.29, 0.717) is 12.0 Å². The van der Waals surface area contributed by atoms with Gasteiger partial charge in [0.2, 0.25) is 0 Å². The van der Waals surface area contributed by atoms with E-state index in [9.17, 15) is 0 Å². The lowest BCUT2D eigenvalue weighted by atomic mass is 9.82. The molecule has 0 radical (unpaired) electrons. The molecule has 162 valence electrons. The molecule has 0 saturated carbocycles. The Morgan fingerprint density at radius 2 is 1.93 bits per heavy atom. The van der Waals surface area contributed by atoms with Crippen molar-refractivity contribution >= 4 is 0 Å². The number of aryl methyl sites for hydroxylation is 2. The number of nitrogens with zero attached hydrogens (tertiary/aromatic N) is 5. The van der Waals surface area contributed by atoms with E-state index < -0.39 is 0 Å². The molecular formula is C25H37N5. The highest BCUT2D eigenvalue weighted by Gasteiger charge is 2.36. The van der Waals surface area contributed by atoms with Gasteiger partial charge in [0, 0.05) is 6.04 Å². The van der Waals surface area contributed by atoms with Crippen LogP contribution in [0.15, 0.2) is 42.0 Å². The molecule has 1 aliphatic heterocycles. The fourth-order valence-electron chi connectivity index (χ4n) is 5.08. The Hall–Kier alpha value is -2.27. The van der Waals surface area contributed by atoms with E-state index in [1.54, 1.807) is 0 Å². The highest BCUT2D eigenvalue weighted by molar-refractivity contribution is 5.47. The van der Waals surface area contributed by atoms with E-state index in [0.717, 1.165) is 30.9 Å². The number of tetrazole rings is 1. The Balaban J connectivity index is 0.00000256. The van der Waals surface area contributed by atoms with Crippen LogP contribution in [0.25, 0.3) is 5.69 Å². The Bertz CT molecular complexity index is 905. The third-order valence-electron chi connectivity index (χ3n) is 6.82. The Kier molecular flexibility index (Phi) is 6.91. The van der Waals surface area contributed by atoms with E-state index in [1.165, 1.54) is 41.5 Å². The topological polar surface area (TPSA) is 46.8 Å². The third-order valence-corrected chi connectivity index (χ3v) is 6.82. The van der Waals surface area contributed by atoms with Crippen molar-refractivity contribution < 1.29 is 0 Å². The molecule has 1 fully saturated rings. The predicted octanol–water partition coefficient (Wildman–Crippen LogP) is 5.74. The number of allylic oxidation sites excluding steroid dienone is 2. The Morgan fingerprint density at radius 3 is 2.50 bits per heavy atom. The van der Waals surface area contributed by atoms with Crippen LogP contribution >= 0.6 is 0 Å². The summed E-state index contributed by atoms with van der Waals surface area (Å²) < 4.78 is 1.99. The lowest BCUT2D eigenvalue weighted by molar-refractivity contribution is 0.200. The minimum atomic E-state index is 0. The second-order valence-corrected chi connectivity index (χ2v) is 8.92. The van der Waals surface area contributed by atoms with Crippen LogP contribution in [0, 0.1) is 19.8 Å². The molecule has 0 spiro atoms. The van der Waals surface area contributed by atoms with Gasteiger partial charge in [-0.3, -0.25) is 4.90 Å². The fraction of sp³-hybridized carbons (Fsp3) is 0.560. The molecule has 1 saturated heterocycles. The zero-order valence-corrected chi connectivity index (χ0v) is 18.2. The van der Waals surface area contributed by atoms with Gasteiger partial charge < -0.3 is 0 Å². The van der Waals surface area contributed by atoms with Gasteiger partial charge in [-0.2, -0.15) is 4.68 Å². The van der Waals surface area contributed by atoms with Gasteiger partial charge in [-0.25, -0.2) is 0 Å². The molecule has 2 heterocycles. The molecule has 30 heavy (non-hydrogen) atoms. The van der Waals surface area contributed by atoms with Crippen molar-refractivity contribution in [3.63, 3.8) is 0 Å². The molecule has 3 unspecified atom stereocenters. The molecule has 0 bridgehead atoms. The van der Waals surface area contributed by atoms with Gasteiger partial charge in [0.1, 0.15) is 0 Å². The molecule has 1 aromatic carbocycles.